The van der Waals surface area contributed by atoms with Crippen molar-refractivity contribution in [3.63, 3.8) is 0 Å². The van der Waals surface area contributed by atoms with Gasteiger partial charge in [0.05, 0.1) is 15.6 Å². The van der Waals surface area contributed by atoms with E-state index in [-0.39, 0.29) is 0 Å². The minimum absolute atomic E-state index is 0.401. The highest BCUT2D eigenvalue weighted by Gasteiger charge is 2.18. The quantitative estimate of drug-likeness (QED) is 0.940. The van der Waals surface area contributed by atoms with Gasteiger partial charge in [-0.05, 0) is 39.4 Å². The first-order valence-electron chi connectivity index (χ1n) is 7.03. The summed E-state index contributed by atoms with van der Waals surface area (Å²) in [5.41, 5.74) is 0.826. The highest BCUT2D eigenvalue weighted by Crippen LogP contribution is 2.32. The minimum Gasteiger partial charge on any atom is -0.350 e. The van der Waals surface area contributed by atoms with E-state index in [1.165, 1.54) is 6.42 Å². The normalized spacial score (nSPS) is 19.7. The molecule has 1 saturated heterocycles. The Bertz CT molecular complexity index is 630. The second-order valence-corrected chi connectivity index (χ2v) is 6.93. The van der Waals surface area contributed by atoms with Gasteiger partial charge in [-0.15, -0.1) is 11.3 Å². The first kappa shape index (κ1) is 14.7. The smallest absolute Gasteiger partial charge is 0.223 e. The number of aromatic nitrogens is 3. The second kappa shape index (κ2) is 6.25. The van der Waals surface area contributed by atoms with Crippen LogP contribution in [0.1, 0.15) is 17.8 Å². The largest absolute Gasteiger partial charge is 0.350 e. The van der Waals surface area contributed by atoms with Crippen molar-refractivity contribution < 1.29 is 0 Å². The molecule has 1 atom stereocenters. The molecule has 2 aromatic heterocycles. The predicted molar refractivity (Wildman–Crippen MR) is 87.0 cm³/mol. The van der Waals surface area contributed by atoms with Gasteiger partial charge in [0.1, 0.15) is 5.15 Å². The van der Waals surface area contributed by atoms with Gasteiger partial charge in [-0.25, -0.2) is 15.0 Å². The molecule has 0 amide bonds. The summed E-state index contributed by atoms with van der Waals surface area (Å²) in [6.45, 7) is 4.13. The molecular weight excluding hydrogens is 306 g/mol. The number of halogens is 1. The van der Waals surface area contributed by atoms with Crippen LogP contribution in [0.3, 0.4) is 0 Å². The van der Waals surface area contributed by atoms with Gasteiger partial charge < -0.3 is 10.2 Å². The third kappa shape index (κ3) is 3.51. The SMILES string of the molecule is Cc1nc(Cl)c(-c2ccnc(NC3CCCN(C)C3)n2)s1. The van der Waals surface area contributed by atoms with E-state index in [1.54, 1.807) is 17.5 Å². The first-order valence-corrected chi connectivity index (χ1v) is 8.22. The van der Waals surface area contributed by atoms with E-state index in [2.05, 4.69) is 32.2 Å². The average molecular weight is 324 g/mol. The molecule has 1 unspecified atom stereocenters. The zero-order valence-electron chi connectivity index (χ0n) is 12.1. The van der Waals surface area contributed by atoms with Gasteiger partial charge in [0.2, 0.25) is 5.95 Å². The molecule has 112 valence electrons. The number of nitrogens with zero attached hydrogens (tertiary/aromatic N) is 4. The molecule has 21 heavy (non-hydrogen) atoms. The highest BCUT2D eigenvalue weighted by molar-refractivity contribution is 7.15. The Morgan fingerprint density at radius 2 is 2.29 bits per heavy atom. The Kier molecular flexibility index (Phi) is 4.37. The van der Waals surface area contributed by atoms with Gasteiger partial charge >= 0.3 is 0 Å². The van der Waals surface area contributed by atoms with Crippen LogP contribution in [0, 0.1) is 6.92 Å². The van der Waals surface area contributed by atoms with E-state index in [9.17, 15) is 0 Å². The van der Waals surface area contributed by atoms with Gasteiger partial charge in [-0.2, -0.15) is 0 Å². The van der Waals surface area contributed by atoms with Crippen LogP contribution in [0.25, 0.3) is 10.6 Å². The summed E-state index contributed by atoms with van der Waals surface area (Å²) in [6, 6.07) is 2.27. The third-order valence-electron chi connectivity index (χ3n) is 3.54. The van der Waals surface area contributed by atoms with Crippen molar-refractivity contribution in [1.29, 1.82) is 0 Å². The van der Waals surface area contributed by atoms with Gasteiger partial charge in [-0.1, -0.05) is 11.6 Å². The third-order valence-corrected chi connectivity index (χ3v) is 4.92. The molecule has 0 radical (unpaired) electrons. The molecule has 1 aliphatic heterocycles. The zero-order chi connectivity index (χ0) is 14.8. The van der Waals surface area contributed by atoms with Gasteiger partial charge in [-0.3, -0.25) is 0 Å². The summed E-state index contributed by atoms with van der Waals surface area (Å²) in [5.74, 6) is 0.662. The Balaban J connectivity index is 1.78. The first-order chi connectivity index (χ1) is 10.1. The maximum Gasteiger partial charge on any atom is 0.223 e. The number of anilines is 1. The topological polar surface area (TPSA) is 53.9 Å². The van der Waals surface area contributed by atoms with Crippen molar-refractivity contribution in [1.82, 2.24) is 19.9 Å². The highest BCUT2D eigenvalue weighted by atomic mass is 35.5. The average Bonchev–Trinajstić information content (AvgIpc) is 2.78. The van der Waals surface area contributed by atoms with E-state index in [1.807, 2.05) is 13.0 Å². The molecule has 5 nitrogen and oxygen atoms in total. The molecule has 3 rings (SSSR count). The summed E-state index contributed by atoms with van der Waals surface area (Å²) < 4.78 is 0. The fourth-order valence-corrected chi connectivity index (χ4v) is 3.75. The van der Waals surface area contributed by atoms with Gasteiger partial charge in [0, 0.05) is 18.8 Å². The molecule has 1 N–H and O–H groups in total. The molecule has 3 heterocycles. The second-order valence-electron chi connectivity index (χ2n) is 5.36. The van der Waals surface area contributed by atoms with Crippen LogP contribution in [-0.2, 0) is 0 Å². The number of hydrogen-bond acceptors (Lipinski definition) is 6. The summed E-state index contributed by atoms with van der Waals surface area (Å²) in [4.78, 5) is 16.4. The number of hydrogen-bond donors (Lipinski definition) is 1. The van der Waals surface area contributed by atoms with Crippen LogP contribution in [0.15, 0.2) is 12.3 Å². The van der Waals surface area contributed by atoms with Gasteiger partial charge in [0.25, 0.3) is 0 Å². The molecule has 0 aromatic carbocycles. The molecule has 0 spiro atoms. The van der Waals surface area contributed by atoms with Crippen LogP contribution >= 0.6 is 22.9 Å². The molecule has 0 saturated carbocycles. The lowest BCUT2D eigenvalue weighted by molar-refractivity contribution is 0.260. The lowest BCUT2D eigenvalue weighted by Crippen LogP contribution is -2.40. The molecular formula is C14H18ClN5S. The maximum absolute atomic E-state index is 6.15. The van der Waals surface area contributed by atoms with Crippen LogP contribution in [0.4, 0.5) is 5.95 Å². The van der Waals surface area contributed by atoms with E-state index in [0.717, 1.165) is 35.1 Å². The number of piperidine rings is 1. The van der Waals surface area contributed by atoms with E-state index >= 15 is 0 Å². The maximum atomic E-state index is 6.15. The number of likely N-dealkylation sites (tertiary alicyclic amines) is 1. The van der Waals surface area contributed by atoms with Crippen molar-refractivity contribution in [2.24, 2.45) is 0 Å². The van der Waals surface area contributed by atoms with Crippen molar-refractivity contribution in [2.75, 3.05) is 25.5 Å². The van der Waals surface area contributed by atoms with Gasteiger partial charge in [0.15, 0.2) is 0 Å². The summed E-state index contributed by atoms with van der Waals surface area (Å²) in [7, 11) is 2.14. The summed E-state index contributed by atoms with van der Waals surface area (Å²) in [6.07, 6.45) is 4.12. The Hall–Kier alpha value is -1.24. The van der Waals surface area contributed by atoms with Crippen LogP contribution in [0.2, 0.25) is 5.15 Å². The van der Waals surface area contributed by atoms with E-state index in [0.29, 0.717) is 17.1 Å². The fourth-order valence-electron chi connectivity index (χ4n) is 2.58. The monoisotopic (exact) mass is 323 g/mol. The van der Waals surface area contributed by atoms with E-state index in [4.69, 9.17) is 11.6 Å². The lowest BCUT2D eigenvalue weighted by atomic mass is 10.1. The fraction of sp³-hybridized carbons (Fsp3) is 0.500. The standard InChI is InChI=1S/C14H18ClN5S/c1-9-17-13(15)12(21-9)11-5-6-16-14(19-11)18-10-4-3-7-20(2)8-10/h5-6,10H,3-4,7-8H2,1-2H3,(H,16,18,19). The van der Waals surface area contributed by atoms with Crippen molar-refractivity contribution in [3.05, 3.63) is 22.4 Å². The van der Waals surface area contributed by atoms with Crippen LogP contribution in [-0.4, -0.2) is 46.0 Å². The molecule has 2 aromatic rings. The number of aryl methyl sites for hydroxylation is 1. The zero-order valence-corrected chi connectivity index (χ0v) is 13.7. The summed E-state index contributed by atoms with van der Waals surface area (Å²) >= 11 is 7.71. The number of likely N-dealkylation sites (N-methyl/N-ethyl adjacent to an activating group) is 1. The van der Waals surface area contributed by atoms with Crippen molar-refractivity contribution in [2.45, 2.75) is 25.8 Å². The number of rotatable bonds is 3. The molecule has 0 aliphatic carbocycles. The molecule has 0 bridgehead atoms. The predicted octanol–water partition coefficient (Wildman–Crippen LogP) is 3.07. The van der Waals surface area contributed by atoms with Crippen molar-refractivity contribution in [3.8, 4) is 10.6 Å². The Morgan fingerprint density at radius 3 is 3.00 bits per heavy atom. The minimum atomic E-state index is 0.401. The number of thiazole rings is 1. The number of nitrogens with one attached hydrogen (secondary N) is 1. The Morgan fingerprint density at radius 1 is 1.43 bits per heavy atom. The summed E-state index contributed by atoms with van der Waals surface area (Å²) in [5, 5.41) is 4.88. The van der Waals surface area contributed by atoms with E-state index < -0.39 is 0 Å². The molecule has 7 heteroatoms. The van der Waals surface area contributed by atoms with Crippen LogP contribution < -0.4 is 5.32 Å². The van der Waals surface area contributed by atoms with Crippen LogP contribution in [0.5, 0.6) is 0 Å². The molecule has 1 aliphatic rings. The molecule has 1 fully saturated rings. The van der Waals surface area contributed by atoms with Crippen molar-refractivity contribution >= 4 is 28.9 Å². The Labute approximate surface area is 133 Å². The lowest BCUT2D eigenvalue weighted by Gasteiger charge is -2.30.